The van der Waals surface area contributed by atoms with E-state index in [9.17, 15) is 58.2 Å². The van der Waals surface area contributed by atoms with Gasteiger partial charge in [0, 0.05) is 97.2 Å². The number of halogens is 4. The Balaban J connectivity index is 0.544. The molecular weight excluding hydrogens is 1680 g/mol. The van der Waals surface area contributed by atoms with E-state index in [1.54, 1.807) is 66.4 Å². The van der Waals surface area contributed by atoms with Crippen molar-refractivity contribution in [1.29, 1.82) is 0 Å². The van der Waals surface area contributed by atoms with E-state index >= 15 is 8.78 Å². The second-order valence-electron chi connectivity index (χ2n) is 35.1. The van der Waals surface area contributed by atoms with E-state index in [4.69, 9.17) is 66.5 Å². The van der Waals surface area contributed by atoms with Crippen LogP contribution in [-0.4, -0.2) is 227 Å². The lowest BCUT2D eigenvalue weighted by Crippen LogP contribution is -2.70. The molecule has 15 atom stereocenters. The lowest BCUT2D eigenvalue weighted by molar-refractivity contribution is -0.228. The molecule has 0 bridgehead atoms. The van der Waals surface area contributed by atoms with E-state index < -0.39 is 141 Å². The van der Waals surface area contributed by atoms with Gasteiger partial charge in [-0.05, 0) is 189 Å². The maximum atomic E-state index is 16.2. The second-order valence-corrected chi connectivity index (χ2v) is 36.9. The lowest BCUT2D eigenvalue weighted by atomic mass is 9.42. The Hall–Kier alpha value is -9.03. The van der Waals surface area contributed by atoms with Crippen molar-refractivity contribution in [2.75, 3.05) is 122 Å². The summed E-state index contributed by atoms with van der Waals surface area (Å²) in [5, 5.41) is 44.7. The Labute approximate surface area is 740 Å². The number of Topliss-reactive ketones (excluding diaryl/α,β-unsaturated/α-hetero) is 1. The number of benzene rings is 4. The highest BCUT2D eigenvalue weighted by atomic mass is 35.5. The summed E-state index contributed by atoms with van der Waals surface area (Å²) in [7, 11) is 1.39. The minimum Gasteiger partial charge on any atom is -0.495 e. The summed E-state index contributed by atoms with van der Waals surface area (Å²) in [5.41, 5.74) is 2.59. The number of fused-ring (bicyclic) bond motifs is 5. The summed E-state index contributed by atoms with van der Waals surface area (Å²) < 4.78 is 77.5. The van der Waals surface area contributed by atoms with Gasteiger partial charge in [0.1, 0.15) is 48.3 Å². The fraction of sp³-hybridized carbons (Fsp3) is 0.578. The molecule has 5 aromatic rings. The van der Waals surface area contributed by atoms with E-state index in [0.29, 0.717) is 67.5 Å². The van der Waals surface area contributed by atoms with Gasteiger partial charge in [-0.25, -0.2) is 28.0 Å². The van der Waals surface area contributed by atoms with Crippen LogP contribution >= 0.6 is 35.0 Å². The van der Waals surface area contributed by atoms with Crippen molar-refractivity contribution in [2.45, 2.75) is 184 Å². The number of methoxy groups -OCH3 is 1. The van der Waals surface area contributed by atoms with Gasteiger partial charge in [-0.3, -0.25) is 28.8 Å². The fourth-order valence-electron chi connectivity index (χ4n) is 19.6. The molecule has 682 valence electrons. The van der Waals surface area contributed by atoms with Gasteiger partial charge >= 0.3 is 23.8 Å². The van der Waals surface area contributed by atoms with Crippen molar-refractivity contribution in [3.63, 3.8) is 0 Å². The number of nitrogens with two attached hydrogens (primary N) is 1. The Morgan fingerprint density at radius 1 is 0.752 bits per heavy atom. The zero-order chi connectivity index (χ0) is 90.1. The first-order valence-corrected chi connectivity index (χ1v) is 44.9. The molecule has 30 nitrogen and oxygen atoms in total. The van der Waals surface area contributed by atoms with E-state index in [1.165, 1.54) is 66.4 Å². The third-order valence-electron chi connectivity index (χ3n) is 26.1. The largest absolute Gasteiger partial charge is 0.495 e. The number of thioether (sulfide) groups is 1. The molecule has 35 heteroatoms. The van der Waals surface area contributed by atoms with Crippen LogP contribution < -0.4 is 53.3 Å². The Morgan fingerprint density at radius 2 is 1.43 bits per heavy atom. The summed E-state index contributed by atoms with van der Waals surface area (Å²) in [4.78, 5) is 137. The molecule has 6 fully saturated rings. The third-order valence-corrected chi connectivity index (χ3v) is 27.3. The molecule has 1 aromatic heterocycles. The van der Waals surface area contributed by atoms with Gasteiger partial charge in [0.2, 0.25) is 23.6 Å². The number of ether oxygens (including phenoxy) is 7. The van der Waals surface area contributed by atoms with Crippen LogP contribution in [0, 0.1) is 45.6 Å². The van der Waals surface area contributed by atoms with Crippen LogP contribution in [0.15, 0.2) is 106 Å². The lowest BCUT2D eigenvalue weighted by Gasteiger charge is -2.64. The minimum absolute atomic E-state index is 0.0238. The van der Waals surface area contributed by atoms with Crippen molar-refractivity contribution < 1.29 is 99.7 Å². The van der Waals surface area contributed by atoms with Crippen molar-refractivity contribution >= 4 is 99.9 Å². The number of rotatable bonds is 38. The molecule has 0 radical (unpaired) electrons. The van der Waals surface area contributed by atoms with Crippen LogP contribution in [0.5, 0.6) is 5.75 Å². The minimum atomic E-state index is -1.37. The third kappa shape index (κ3) is 23.1. The molecule has 0 spiro atoms. The molecule has 0 unspecified atom stereocenters. The number of carbonyl (C=O) groups excluding carboxylic acids is 9. The van der Waals surface area contributed by atoms with Crippen molar-refractivity contribution in [1.82, 2.24) is 36.4 Å². The molecule has 125 heavy (non-hydrogen) atoms. The Bertz CT molecular complexity index is 4680. The number of hydrogen-bond acceptors (Lipinski definition) is 22. The number of nitrogens with one attached hydrogen (secondary N) is 7. The summed E-state index contributed by atoms with van der Waals surface area (Å²) in [6.07, 6.45) is 5.27. The number of carbonyl (C=O) groups is 9. The van der Waals surface area contributed by atoms with Gasteiger partial charge in [-0.1, -0.05) is 88.2 Å². The molecule has 4 aliphatic carbocycles. The monoisotopic (exact) mass is 1800 g/mol. The number of amides is 9. The van der Waals surface area contributed by atoms with Gasteiger partial charge < -0.3 is 101 Å². The predicted molar refractivity (Wildman–Crippen MR) is 465 cm³/mol. The highest BCUT2D eigenvalue weighted by molar-refractivity contribution is 7.98. The van der Waals surface area contributed by atoms with Crippen LogP contribution in [0.2, 0.25) is 10.0 Å². The van der Waals surface area contributed by atoms with Crippen molar-refractivity contribution in [3.05, 3.63) is 157 Å². The maximum absolute atomic E-state index is 16.2. The van der Waals surface area contributed by atoms with Gasteiger partial charge in [-0.2, -0.15) is 11.8 Å². The Kier molecular flexibility index (Phi) is 33.4. The molecule has 11 rings (SSSR count). The van der Waals surface area contributed by atoms with Gasteiger partial charge in [0.05, 0.1) is 94.0 Å². The van der Waals surface area contributed by atoms with Crippen molar-refractivity contribution in [2.24, 2.45) is 39.7 Å². The number of nitrogens with zero attached hydrogens (tertiary/aromatic N) is 2. The zero-order valence-electron chi connectivity index (χ0n) is 72.0. The van der Waals surface area contributed by atoms with Gasteiger partial charge in [0.25, 0.3) is 5.91 Å². The highest BCUT2D eigenvalue weighted by Crippen LogP contribution is 2.70. The molecular formula is C90H118Cl2F2N10O20S. The number of urea groups is 1. The molecule has 2 saturated heterocycles. The average molecular weight is 1800 g/mol. The number of piperazine rings is 1. The number of anilines is 2. The first-order chi connectivity index (χ1) is 59.6. The predicted octanol–water partition coefficient (Wildman–Crippen LogP) is 10.5. The first-order valence-electron chi connectivity index (χ1n) is 42.8. The zero-order valence-corrected chi connectivity index (χ0v) is 74.4. The molecule has 9 amide bonds. The first kappa shape index (κ1) is 96.6. The number of ketones is 1. The highest BCUT2D eigenvalue weighted by Gasteiger charge is 2.74. The molecule has 4 saturated carbocycles. The number of aliphatic hydroxyl groups excluding tert-OH is 1. The standard InChI is InChI=1S/C90H118Cl2F2N10O20S/c1-86(2,3)50-70-88(5,62-23-19-57(91)49-65(62)93)73(60-11-9-12-64(92)75(60)94)76(102-70)82(112)100-66-24-16-54(47-69(66)117-7)79(109)96-33-39-119-41-43-121-45-44-120-42-40-118-38-28-71(105)99-68(29-46-125-8)81(111)101-67(13-10-32-97-83(95)113)80(110)98-58-20-14-53(15-21-58)51-123-84(114)103-34-36-104(37-35-103)85(115)124-59-26-30-87(4)56(48-59)18-22-63-74(87)77(107)78(108)89(6)61(27-31-90(63,89)116)55-17-25-72(106)122-52-55/h9,11-12,14-17,19-21,23-25,47,49,52,56,59,61,63,67-68,70,73-74,76-77,102,107,116H,10,13,18,22,26-46,48,50-51H2,1-8H3,(H,96,109)(H,98,110)(H,99,105)(H,100,112)(H,101,111)(H3,95,97,113)/t56-,59+,61-,63-,67+,68+,70+,73+,74-,76-,77+,87+,88+,89+,90+/m1/s1. The normalized spacial score (nSPS) is 25.6. The van der Waals surface area contributed by atoms with Crippen LogP contribution in [-0.2, 0) is 64.4 Å². The van der Waals surface area contributed by atoms with Crippen LogP contribution in [0.4, 0.5) is 34.5 Å². The van der Waals surface area contributed by atoms with Crippen molar-refractivity contribution in [3.8, 4) is 5.75 Å². The molecule has 4 aromatic carbocycles. The number of hydrogen-bond donors (Lipinski definition) is 10. The summed E-state index contributed by atoms with van der Waals surface area (Å²) >= 11 is 14.0. The van der Waals surface area contributed by atoms with Crippen LogP contribution in [0.3, 0.4) is 0 Å². The number of aliphatic hydroxyl groups is 2. The number of primary amides is 1. The SMILES string of the molecule is COc1cc(C(=O)NCCOCCOCCOCCOCCC(=O)N[C@@H](CCSC)C(=O)N[C@@H](CCCNC(N)=O)C(=O)Nc2ccc(COC(=O)N3CCN(C(=O)O[C@H]4CC[C@@]5(C)[C@H](CC[C@@H]6[C@@H]5[C@H](O)C(=O)[C@]5(C)[C@@H](c7ccc(=O)oc7)CC[C@]65O)C4)CC3)cc2)ccc1NC(=O)[C@@H]1N[C@@H](CC(C)(C)C)[C@](C)(c2ccc(Cl)cc2F)[C@H]1c1cccc(Cl)c1F. The Morgan fingerprint density at radius 3 is 2.09 bits per heavy atom. The molecule has 6 aliphatic rings. The summed E-state index contributed by atoms with van der Waals surface area (Å²) in [6, 6.07) is 18.4. The van der Waals surface area contributed by atoms with Gasteiger partial charge in [0.15, 0.2) is 5.78 Å². The topological polar surface area (TPSA) is 406 Å². The summed E-state index contributed by atoms with van der Waals surface area (Å²) in [5.74, 6) is -5.85. The molecule has 2 aliphatic heterocycles. The van der Waals surface area contributed by atoms with E-state index in [1.807, 2.05) is 34.0 Å². The molecule has 3 heterocycles. The van der Waals surface area contributed by atoms with E-state index in [2.05, 4.69) is 44.1 Å². The van der Waals surface area contributed by atoms with Gasteiger partial charge in [-0.15, -0.1) is 0 Å². The van der Waals surface area contributed by atoms with E-state index in [-0.39, 0.29) is 186 Å². The quantitative estimate of drug-likeness (QED) is 0.0164. The van der Waals surface area contributed by atoms with E-state index in [0.717, 1.165) is 6.42 Å². The fourth-order valence-corrected chi connectivity index (χ4v) is 20.4. The van der Waals surface area contributed by atoms with Crippen LogP contribution in [0.25, 0.3) is 0 Å². The smallest absolute Gasteiger partial charge is 0.410 e. The second kappa shape index (κ2) is 43.2. The average Bonchev–Trinajstić information content (AvgIpc) is 1.58. The molecule has 11 N–H and O–H groups in total. The summed E-state index contributed by atoms with van der Waals surface area (Å²) in [6.45, 7) is 14.3. The maximum Gasteiger partial charge on any atom is 0.410 e. The van der Waals surface area contributed by atoms with Crippen LogP contribution in [0.1, 0.15) is 163 Å².